The molecular formula is C17H17N3O5. The van der Waals surface area contributed by atoms with Gasteiger partial charge >= 0.3 is 0 Å². The fraction of sp³-hybridized carbons (Fsp3) is 0.176. The van der Waals surface area contributed by atoms with Crippen molar-refractivity contribution < 1.29 is 24.5 Å². The van der Waals surface area contributed by atoms with Gasteiger partial charge in [-0.05, 0) is 31.2 Å². The molecule has 25 heavy (non-hydrogen) atoms. The van der Waals surface area contributed by atoms with Crippen molar-refractivity contribution in [1.82, 2.24) is 5.43 Å². The summed E-state index contributed by atoms with van der Waals surface area (Å²) in [5.41, 5.74) is 3.95. The van der Waals surface area contributed by atoms with Gasteiger partial charge in [0, 0.05) is 23.4 Å². The molecule has 130 valence electrons. The van der Waals surface area contributed by atoms with Crippen LogP contribution in [0.4, 0.5) is 5.69 Å². The first kappa shape index (κ1) is 16.4. The van der Waals surface area contributed by atoms with E-state index in [9.17, 15) is 15.0 Å². The number of hydrogen-bond donors (Lipinski definition) is 4. The van der Waals surface area contributed by atoms with Crippen LogP contribution >= 0.6 is 0 Å². The van der Waals surface area contributed by atoms with E-state index in [1.165, 1.54) is 18.2 Å². The largest absolute Gasteiger partial charge is 0.508 e. The lowest BCUT2D eigenvalue weighted by molar-refractivity contribution is -0.119. The van der Waals surface area contributed by atoms with Gasteiger partial charge in [-0.25, -0.2) is 5.43 Å². The van der Waals surface area contributed by atoms with Crippen LogP contribution in [-0.4, -0.2) is 35.2 Å². The van der Waals surface area contributed by atoms with Gasteiger partial charge in [0.15, 0.2) is 11.5 Å². The summed E-state index contributed by atoms with van der Waals surface area (Å²) in [6.45, 7) is 1.84. The number of ether oxygens (including phenoxy) is 2. The minimum Gasteiger partial charge on any atom is -0.508 e. The maximum atomic E-state index is 11.9. The molecule has 0 fully saturated rings. The number of nitrogens with zero attached hydrogens (tertiary/aromatic N) is 1. The normalized spacial score (nSPS) is 12.8. The van der Waals surface area contributed by atoms with Gasteiger partial charge in [-0.2, -0.15) is 5.10 Å². The number of carbonyl (C=O) groups excluding carboxylic acids is 1. The van der Waals surface area contributed by atoms with Crippen molar-refractivity contribution in [3.8, 4) is 23.0 Å². The number of amides is 1. The van der Waals surface area contributed by atoms with Crippen LogP contribution in [0.3, 0.4) is 0 Å². The molecule has 1 amide bonds. The Morgan fingerprint density at radius 2 is 1.96 bits per heavy atom. The van der Waals surface area contributed by atoms with Crippen molar-refractivity contribution >= 4 is 17.3 Å². The Morgan fingerprint density at radius 3 is 2.76 bits per heavy atom. The van der Waals surface area contributed by atoms with Gasteiger partial charge < -0.3 is 25.0 Å². The SMILES string of the molecule is C/C(=N/NC(=O)CNc1ccc2c(c1)OCO2)c1ccc(O)cc1O. The zero-order valence-electron chi connectivity index (χ0n) is 13.4. The zero-order valence-corrected chi connectivity index (χ0v) is 13.4. The average Bonchev–Trinajstić information content (AvgIpc) is 3.05. The van der Waals surface area contributed by atoms with Gasteiger partial charge in [0.1, 0.15) is 11.5 Å². The van der Waals surface area contributed by atoms with Gasteiger partial charge in [-0.3, -0.25) is 4.79 Å². The van der Waals surface area contributed by atoms with Crippen molar-refractivity contribution in [3.05, 3.63) is 42.0 Å². The highest BCUT2D eigenvalue weighted by Crippen LogP contribution is 2.34. The molecule has 3 rings (SSSR count). The summed E-state index contributed by atoms with van der Waals surface area (Å²) in [6, 6.07) is 9.44. The predicted molar refractivity (Wildman–Crippen MR) is 91.2 cm³/mol. The second kappa shape index (κ2) is 7.00. The Morgan fingerprint density at radius 1 is 1.16 bits per heavy atom. The lowest BCUT2D eigenvalue weighted by Gasteiger charge is -2.07. The summed E-state index contributed by atoms with van der Waals surface area (Å²) in [5, 5.41) is 26.0. The fourth-order valence-corrected chi connectivity index (χ4v) is 2.26. The number of fused-ring (bicyclic) bond motifs is 1. The Kier molecular flexibility index (Phi) is 4.60. The molecule has 0 atom stereocenters. The molecule has 0 saturated heterocycles. The van der Waals surface area contributed by atoms with Gasteiger partial charge in [0.2, 0.25) is 6.79 Å². The van der Waals surface area contributed by atoms with Crippen LogP contribution in [0, 0.1) is 0 Å². The van der Waals surface area contributed by atoms with Gasteiger partial charge in [-0.1, -0.05) is 0 Å². The topological polar surface area (TPSA) is 112 Å². The summed E-state index contributed by atoms with van der Waals surface area (Å²) < 4.78 is 10.5. The molecule has 2 aromatic rings. The minimum atomic E-state index is -0.352. The second-order valence-corrected chi connectivity index (χ2v) is 5.36. The second-order valence-electron chi connectivity index (χ2n) is 5.36. The number of benzene rings is 2. The Balaban J connectivity index is 1.55. The van der Waals surface area contributed by atoms with E-state index in [2.05, 4.69) is 15.8 Å². The van der Waals surface area contributed by atoms with Crippen LogP contribution in [0.15, 0.2) is 41.5 Å². The maximum Gasteiger partial charge on any atom is 0.259 e. The number of hydrogen-bond acceptors (Lipinski definition) is 7. The van der Waals surface area contributed by atoms with Crippen molar-refractivity contribution in [2.24, 2.45) is 5.10 Å². The highest BCUT2D eigenvalue weighted by atomic mass is 16.7. The third kappa shape index (κ3) is 3.92. The first-order valence-electron chi connectivity index (χ1n) is 7.52. The Hall–Kier alpha value is -3.42. The molecule has 1 heterocycles. The number of hydrazone groups is 1. The van der Waals surface area contributed by atoms with E-state index in [0.717, 1.165) is 5.69 Å². The van der Waals surface area contributed by atoms with Crippen molar-refractivity contribution in [2.75, 3.05) is 18.7 Å². The summed E-state index contributed by atoms with van der Waals surface area (Å²) >= 11 is 0. The fourth-order valence-electron chi connectivity index (χ4n) is 2.26. The summed E-state index contributed by atoms with van der Waals surface area (Å²) in [5.74, 6) is 0.779. The van der Waals surface area contributed by atoms with E-state index >= 15 is 0 Å². The third-order valence-electron chi connectivity index (χ3n) is 3.55. The average molecular weight is 343 g/mol. The van der Waals surface area contributed by atoms with E-state index in [0.29, 0.717) is 22.8 Å². The molecule has 0 saturated carbocycles. The number of nitrogens with one attached hydrogen (secondary N) is 2. The molecule has 0 aliphatic carbocycles. The molecule has 0 aromatic heterocycles. The number of aromatic hydroxyl groups is 2. The quantitative estimate of drug-likeness (QED) is 0.486. The number of rotatable bonds is 5. The number of phenols is 2. The lowest BCUT2D eigenvalue weighted by atomic mass is 10.1. The first-order chi connectivity index (χ1) is 12.0. The highest BCUT2D eigenvalue weighted by molar-refractivity contribution is 6.01. The Bertz CT molecular complexity index is 835. The van der Waals surface area contributed by atoms with Crippen LogP contribution in [-0.2, 0) is 4.79 Å². The molecule has 1 aliphatic rings. The van der Waals surface area contributed by atoms with Crippen molar-refractivity contribution in [3.63, 3.8) is 0 Å². The monoisotopic (exact) mass is 343 g/mol. The molecule has 0 unspecified atom stereocenters. The van der Waals surface area contributed by atoms with Crippen LogP contribution in [0.25, 0.3) is 0 Å². The molecular weight excluding hydrogens is 326 g/mol. The van der Waals surface area contributed by atoms with E-state index < -0.39 is 0 Å². The zero-order chi connectivity index (χ0) is 17.8. The van der Waals surface area contributed by atoms with E-state index in [1.807, 2.05) is 0 Å². The van der Waals surface area contributed by atoms with E-state index in [-0.39, 0.29) is 30.7 Å². The van der Waals surface area contributed by atoms with Crippen LogP contribution in [0.1, 0.15) is 12.5 Å². The van der Waals surface area contributed by atoms with Crippen LogP contribution in [0.2, 0.25) is 0 Å². The summed E-state index contributed by atoms with van der Waals surface area (Å²) in [4.78, 5) is 11.9. The van der Waals surface area contributed by atoms with Crippen molar-refractivity contribution in [2.45, 2.75) is 6.92 Å². The smallest absolute Gasteiger partial charge is 0.259 e. The molecule has 0 radical (unpaired) electrons. The van der Waals surface area contributed by atoms with E-state index in [1.54, 1.807) is 25.1 Å². The molecule has 1 aliphatic heterocycles. The minimum absolute atomic E-state index is 0.0119. The summed E-state index contributed by atoms with van der Waals surface area (Å²) in [7, 11) is 0. The molecule has 0 spiro atoms. The maximum absolute atomic E-state index is 11.9. The number of phenolic OH excluding ortho intramolecular Hbond substituents is 2. The van der Waals surface area contributed by atoms with Gasteiger partial charge in [-0.15, -0.1) is 0 Å². The standard InChI is InChI=1S/C17H17N3O5/c1-10(13-4-3-12(21)7-14(13)22)19-20-17(23)8-18-11-2-5-15-16(6-11)25-9-24-15/h2-7,18,21-22H,8-9H2,1H3,(H,20,23)/b19-10-. The van der Waals surface area contributed by atoms with Crippen LogP contribution in [0.5, 0.6) is 23.0 Å². The lowest BCUT2D eigenvalue weighted by Crippen LogP contribution is -2.26. The van der Waals surface area contributed by atoms with Crippen molar-refractivity contribution in [1.29, 1.82) is 0 Å². The Labute approximate surface area is 143 Å². The molecule has 2 aromatic carbocycles. The molecule has 0 bridgehead atoms. The molecule has 8 heteroatoms. The number of anilines is 1. The predicted octanol–water partition coefficient (Wildman–Crippen LogP) is 1.78. The number of carbonyl (C=O) groups is 1. The third-order valence-corrected chi connectivity index (χ3v) is 3.55. The first-order valence-corrected chi connectivity index (χ1v) is 7.52. The molecule has 8 nitrogen and oxygen atoms in total. The van der Waals surface area contributed by atoms with Gasteiger partial charge in [0.05, 0.1) is 12.3 Å². The van der Waals surface area contributed by atoms with Crippen LogP contribution < -0.4 is 20.2 Å². The van der Waals surface area contributed by atoms with E-state index in [4.69, 9.17) is 9.47 Å². The summed E-state index contributed by atoms with van der Waals surface area (Å²) in [6.07, 6.45) is 0. The molecule has 4 N–H and O–H groups in total. The van der Waals surface area contributed by atoms with Gasteiger partial charge in [0.25, 0.3) is 5.91 Å². The highest BCUT2D eigenvalue weighted by Gasteiger charge is 2.13.